The normalized spacial score (nSPS) is 13.8. The number of nitrogens with zero attached hydrogens (tertiary/aromatic N) is 2. The summed E-state index contributed by atoms with van der Waals surface area (Å²) in [5.74, 6) is -0.572. The predicted molar refractivity (Wildman–Crippen MR) is 44.4 cm³/mol. The van der Waals surface area contributed by atoms with Crippen molar-refractivity contribution < 1.29 is 61.3 Å². The molecule has 0 amide bonds. The van der Waals surface area contributed by atoms with E-state index in [-0.39, 0.29) is 56.9 Å². The van der Waals surface area contributed by atoms with Crippen LogP contribution in [0.3, 0.4) is 0 Å². The number of carbonyl (C=O) groups excluding carboxylic acids is 1. The Morgan fingerprint density at radius 2 is 2.36 bits per heavy atom. The minimum absolute atomic E-state index is 0. The number of carboxylic acids is 1. The van der Waals surface area contributed by atoms with E-state index in [4.69, 9.17) is 0 Å². The van der Waals surface area contributed by atoms with Crippen molar-refractivity contribution >= 4 is 11.8 Å². The Labute approximate surface area is 124 Å². The molecule has 0 fully saturated rings. The van der Waals surface area contributed by atoms with Crippen molar-refractivity contribution in [2.75, 3.05) is 11.9 Å². The van der Waals surface area contributed by atoms with Crippen LogP contribution in [0.5, 0.6) is 0 Å². The minimum atomic E-state index is -1.16. The molecule has 0 aliphatic carbocycles. The Bertz CT molecular complexity index is 362. The number of aryl methyl sites for hydroxylation is 2. The average molecular weight is 219 g/mol. The Morgan fingerprint density at radius 1 is 1.64 bits per heavy atom. The van der Waals surface area contributed by atoms with Gasteiger partial charge in [-0.25, -0.2) is 4.68 Å². The molecule has 0 atom stereocenters. The number of fused-ring (bicyclic) bond motifs is 1. The largest absolute Gasteiger partial charge is 1.00 e. The fraction of sp³-hybridized carbons (Fsp3) is 0.500. The average Bonchev–Trinajstić information content (AvgIpc) is 2.39. The van der Waals surface area contributed by atoms with Gasteiger partial charge in [-0.1, -0.05) is 0 Å². The zero-order chi connectivity index (χ0) is 9.42. The first-order valence-corrected chi connectivity index (χ1v) is 4.23. The van der Waals surface area contributed by atoms with E-state index >= 15 is 0 Å². The molecule has 5 nitrogen and oxygen atoms in total. The van der Waals surface area contributed by atoms with Gasteiger partial charge in [0.1, 0.15) is 5.82 Å². The van der Waals surface area contributed by atoms with Gasteiger partial charge >= 0.3 is 51.4 Å². The standard InChI is InChI=1S/C8H11N3O2.K/c1-5-6(8(12)13)7-9-3-2-4-11(7)10-5;/h9H,2-4H2,1H3,(H,12,13);/q;+1/p-1. The van der Waals surface area contributed by atoms with Gasteiger partial charge in [-0.05, 0) is 13.3 Å². The van der Waals surface area contributed by atoms with Gasteiger partial charge in [-0.2, -0.15) is 5.10 Å². The van der Waals surface area contributed by atoms with Gasteiger partial charge in [0.05, 0.1) is 17.2 Å². The summed E-state index contributed by atoms with van der Waals surface area (Å²) in [5.41, 5.74) is 0.712. The molecule has 0 spiro atoms. The van der Waals surface area contributed by atoms with Crippen molar-refractivity contribution in [1.29, 1.82) is 0 Å². The summed E-state index contributed by atoms with van der Waals surface area (Å²) in [6.07, 6.45) is 0.973. The third kappa shape index (κ3) is 2.04. The van der Waals surface area contributed by atoms with Crippen LogP contribution >= 0.6 is 0 Å². The number of nitrogens with one attached hydrogen (secondary N) is 1. The van der Waals surface area contributed by atoms with Gasteiger partial charge < -0.3 is 15.2 Å². The molecule has 14 heavy (non-hydrogen) atoms. The quantitative estimate of drug-likeness (QED) is 0.495. The zero-order valence-electron chi connectivity index (χ0n) is 8.33. The number of aromatic carboxylic acids is 1. The van der Waals surface area contributed by atoms with Gasteiger partial charge in [0.2, 0.25) is 0 Å². The maximum atomic E-state index is 10.8. The summed E-state index contributed by atoms with van der Waals surface area (Å²) < 4.78 is 1.68. The van der Waals surface area contributed by atoms with Crippen LogP contribution in [0.25, 0.3) is 0 Å². The molecule has 1 N–H and O–H groups in total. The molecule has 0 saturated carbocycles. The van der Waals surface area contributed by atoms with Crippen LogP contribution in [-0.2, 0) is 6.54 Å². The second-order valence-electron chi connectivity index (χ2n) is 3.10. The first-order valence-electron chi connectivity index (χ1n) is 4.23. The van der Waals surface area contributed by atoms with E-state index in [0.29, 0.717) is 11.5 Å². The molecule has 1 aromatic heterocycles. The fourth-order valence-electron chi connectivity index (χ4n) is 1.60. The smallest absolute Gasteiger partial charge is 0.545 e. The van der Waals surface area contributed by atoms with Crippen molar-refractivity contribution in [1.82, 2.24) is 9.78 Å². The molecule has 1 aliphatic rings. The summed E-state index contributed by atoms with van der Waals surface area (Å²) >= 11 is 0. The molecule has 6 heteroatoms. The van der Waals surface area contributed by atoms with Crippen LogP contribution in [0, 0.1) is 6.92 Å². The first kappa shape index (κ1) is 12.2. The van der Waals surface area contributed by atoms with Gasteiger partial charge in [-0.3, -0.25) is 0 Å². The molecule has 0 aromatic carbocycles. The van der Waals surface area contributed by atoms with Crippen LogP contribution in [0.1, 0.15) is 22.5 Å². The molecule has 2 rings (SSSR count). The molecular weight excluding hydrogens is 209 g/mol. The molecule has 0 bridgehead atoms. The van der Waals surface area contributed by atoms with E-state index in [2.05, 4.69) is 10.4 Å². The Balaban J connectivity index is 0.000000980. The van der Waals surface area contributed by atoms with Crippen LogP contribution < -0.4 is 61.8 Å². The van der Waals surface area contributed by atoms with Gasteiger partial charge in [0.25, 0.3) is 0 Å². The van der Waals surface area contributed by atoms with Crippen LogP contribution in [0.4, 0.5) is 5.82 Å². The summed E-state index contributed by atoms with van der Waals surface area (Å²) in [7, 11) is 0. The van der Waals surface area contributed by atoms with Crippen molar-refractivity contribution in [2.45, 2.75) is 19.9 Å². The molecule has 0 radical (unpaired) electrons. The monoisotopic (exact) mass is 219 g/mol. The summed E-state index contributed by atoms with van der Waals surface area (Å²) in [4.78, 5) is 10.8. The SMILES string of the molecule is Cc1nn2c(c1C(=O)[O-])NCCC2.[K+]. The van der Waals surface area contributed by atoms with Gasteiger partial charge in [0.15, 0.2) is 0 Å². The third-order valence-corrected chi connectivity index (χ3v) is 2.17. The van der Waals surface area contributed by atoms with E-state index in [1.54, 1.807) is 11.6 Å². The molecular formula is C8H10KN3O2. The van der Waals surface area contributed by atoms with E-state index in [0.717, 1.165) is 19.5 Å². The van der Waals surface area contributed by atoms with Crippen molar-refractivity contribution in [3.63, 3.8) is 0 Å². The first-order chi connectivity index (χ1) is 6.20. The summed E-state index contributed by atoms with van der Waals surface area (Å²) in [6, 6.07) is 0. The number of hydrogen-bond donors (Lipinski definition) is 1. The summed E-state index contributed by atoms with van der Waals surface area (Å²) in [5, 5.41) is 17.9. The molecule has 0 saturated heterocycles. The van der Waals surface area contributed by atoms with Crippen LogP contribution in [-0.4, -0.2) is 22.3 Å². The van der Waals surface area contributed by atoms with Crippen molar-refractivity contribution in [2.24, 2.45) is 0 Å². The van der Waals surface area contributed by atoms with E-state index in [9.17, 15) is 9.90 Å². The van der Waals surface area contributed by atoms with E-state index in [1.807, 2.05) is 0 Å². The molecule has 70 valence electrons. The van der Waals surface area contributed by atoms with Crippen molar-refractivity contribution in [3.8, 4) is 0 Å². The Kier molecular flexibility index (Phi) is 4.14. The predicted octanol–water partition coefficient (Wildman–Crippen LogP) is -3.63. The number of rotatable bonds is 1. The zero-order valence-corrected chi connectivity index (χ0v) is 11.5. The van der Waals surface area contributed by atoms with E-state index < -0.39 is 5.97 Å². The number of carbonyl (C=O) groups is 1. The van der Waals surface area contributed by atoms with Crippen LogP contribution in [0.2, 0.25) is 0 Å². The topological polar surface area (TPSA) is 70.0 Å². The molecule has 1 aliphatic heterocycles. The van der Waals surface area contributed by atoms with Gasteiger partial charge in [0, 0.05) is 13.1 Å². The summed E-state index contributed by atoms with van der Waals surface area (Å²) in [6.45, 7) is 3.25. The van der Waals surface area contributed by atoms with Crippen molar-refractivity contribution in [3.05, 3.63) is 11.3 Å². The minimum Gasteiger partial charge on any atom is -0.545 e. The third-order valence-electron chi connectivity index (χ3n) is 2.17. The number of anilines is 1. The van der Waals surface area contributed by atoms with Crippen LogP contribution in [0.15, 0.2) is 0 Å². The maximum Gasteiger partial charge on any atom is 1.00 e. The molecule has 1 aromatic rings. The Morgan fingerprint density at radius 3 is 3.00 bits per heavy atom. The molecule has 0 unspecified atom stereocenters. The number of hydrogen-bond acceptors (Lipinski definition) is 4. The van der Waals surface area contributed by atoms with Gasteiger partial charge in [-0.15, -0.1) is 0 Å². The Hall–Kier alpha value is 0.116. The second-order valence-corrected chi connectivity index (χ2v) is 3.10. The molecule has 2 heterocycles. The fourth-order valence-corrected chi connectivity index (χ4v) is 1.60. The number of aromatic nitrogens is 2. The van der Waals surface area contributed by atoms with E-state index in [1.165, 1.54) is 0 Å². The maximum absolute atomic E-state index is 10.8. The number of carboxylic acid groups (broad SMARTS) is 1. The second kappa shape index (κ2) is 4.76.